The van der Waals surface area contributed by atoms with E-state index in [-0.39, 0.29) is 22.8 Å². The second-order valence-corrected chi connectivity index (χ2v) is 7.23. The molecule has 1 aliphatic heterocycles. The Hall–Kier alpha value is -0.740. The fourth-order valence-electron chi connectivity index (χ4n) is 2.30. The van der Waals surface area contributed by atoms with E-state index in [9.17, 15) is 8.42 Å². The summed E-state index contributed by atoms with van der Waals surface area (Å²) in [4.78, 5) is 0. The molecule has 0 bridgehead atoms. The van der Waals surface area contributed by atoms with E-state index in [0.29, 0.717) is 13.0 Å². The maximum Gasteiger partial charge on any atom is 0.150 e. The Balaban J connectivity index is 2.21. The molecular weight excluding hydrogens is 272 g/mol. The fraction of sp³-hybridized carbons (Fsp3) is 0.538. The van der Waals surface area contributed by atoms with E-state index < -0.39 is 9.84 Å². The molecule has 1 heterocycles. The number of hydrogen-bond acceptors (Lipinski definition) is 3. The van der Waals surface area contributed by atoms with Gasteiger partial charge in [0.05, 0.1) is 23.5 Å². The molecule has 0 spiro atoms. The third-order valence-electron chi connectivity index (χ3n) is 3.20. The number of ether oxygens (including phenoxy) is 1. The zero-order valence-corrected chi connectivity index (χ0v) is 11.9. The van der Waals surface area contributed by atoms with Gasteiger partial charge in [-0.3, -0.25) is 0 Å². The van der Waals surface area contributed by atoms with Gasteiger partial charge in [0, 0.05) is 5.56 Å². The Morgan fingerprint density at radius 1 is 1.44 bits per heavy atom. The van der Waals surface area contributed by atoms with Crippen LogP contribution in [0.15, 0.2) is 24.3 Å². The van der Waals surface area contributed by atoms with Gasteiger partial charge >= 0.3 is 0 Å². The van der Waals surface area contributed by atoms with Crippen molar-refractivity contribution in [2.24, 2.45) is 5.92 Å². The molecule has 3 nitrogen and oxygen atoms in total. The molecule has 5 heteroatoms. The monoisotopic (exact) mass is 288 g/mol. The van der Waals surface area contributed by atoms with Gasteiger partial charge in [0.2, 0.25) is 0 Å². The van der Waals surface area contributed by atoms with Gasteiger partial charge in [-0.2, -0.15) is 0 Å². The largest absolute Gasteiger partial charge is 0.494 e. The summed E-state index contributed by atoms with van der Waals surface area (Å²) in [7, 11) is -2.90. The van der Waals surface area contributed by atoms with Gasteiger partial charge in [-0.05, 0) is 25.3 Å². The van der Waals surface area contributed by atoms with Gasteiger partial charge < -0.3 is 4.74 Å². The predicted octanol–water partition coefficient (Wildman–Crippen LogP) is 2.80. The molecule has 2 rings (SSSR count). The molecule has 1 fully saturated rings. The van der Waals surface area contributed by atoms with Gasteiger partial charge in [0.15, 0.2) is 9.84 Å². The first-order valence-electron chi connectivity index (χ1n) is 6.09. The molecule has 0 radical (unpaired) electrons. The van der Waals surface area contributed by atoms with E-state index in [2.05, 4.69) is 0 Å². The van der Waals surface area contributed by atoms with Crippen LogP contribution in [0.1, 0.15) is 24.3 Å². The first kappa shape index (κ1) is 13.7. The van der Waals surface area contributed by atoms with Gasteiger partial charge in [-0.1, -0.05) is 18.2 Å². The van der Waals surface area contributed by atoms with Crippen LogP contribution in [0.2, 0.25) is 0 Å². The summed E-state index contributed by atoms with van der Waals surface area (Å²) >= 11 is 6.44. The number of para-hydroxylation sites is 1. The first-order valence-corrected chi connectivity index (χ1v) is 8.35. The summed E-state index contributed by atoms with van der Waals surface area (Å²) in [6.07, 6.45) is 0.636. The van der Waals surface area contributed by atoms with E-state index in [0.717, 1.165) is 11.3 Å². The van der Waals surface area contributed by atoms with Gasteiger partial charge in [0.1, 0.15) is 5.75 Å². The summed E-state index contributed by atoms with van der Waals surface area (Å²) in [5.41, 5.74) is 0.892. The van der Waals surface area contributed by atoms with Crippen LogP contribution in [0.4, 0.5) is 0 Å². The lowest BCUT2D eigenvalue weighted by molar-refractivity contribution is 0.334. The molecule has 0 aromatic heterocycles. The van der Waals surface area contributed by atoms with E-state index in [1.54, 1.807) is 0 Å². The van der Waals surface area contributed by atoms with Crippen LogP contribution in [0.25, 0.3) is 0 Å². The summed E-state index contributed by atoms with van der Waals surface area (Å²) in [6, 6.07) is 7.57. The number of alkyl halides is 1. The summed E-state index contributed by atoms with van der Waals surface area (Å²) in [5, 5.41) is -0.301. The molecule has 0 amide bonds. The Morgan fingerprint density at radius 2 is 2.17 bits per heavy atom. The van der Waals surface area contributed by atoms with Crippen molar-refractivity contribution < 1.29 is 13.2 Å². The molecule has 0 saturated carbocycles. The van der Waals surface area contributed by atoms with Crippen molar-refractivity contribution in [3.8, 4) is 5.75 Å². The van der Waals surface area contributed by atoms with E-state index in [1.807, 2.05) is 31.2 Å². The third-order valence-corrected chi connectivity index (χ3v) is 5.58. The Bertz CT molecular complexity index is 513. The Kier molecular flexibility index (Phi) is 4.17. The van der Waals surface area contributed by atoms with Gasteiger partial charge in [-0.25, -0.2) is 8.42 Å². The van der Waals surface area contributed by atoms with Crippen LogP contribution >= 0.6 is 11.6 Å². The minimum Gasteiger partial charge on any atom is -0.494 e. The molecule has 18 heavy (non-hydrogen) atoms. The topological polar surface area (TPSA) is 43.4 Å². The van der Waals surface area contributed by atoms with Crippen molar-refractivity contribution in [2.45, 2.75) is 18.7 Å². The van der Waals surface area contributed by atoms with Crippen LogP contribution in [0.5, 0.6) is 5.75 Å². The Morgan fingerprint density at radius 3 is 2.78 bits per heavy atom. The molecular formula is C13H17ClO3S. The third kappa shape index (κ3) is 2.98. The highest BCUT2D eigenvalue weighted by Gasteiger charge is 2.34. The average Bonchev–Trinajstić information content (AvgIpc) is 2.70. The standard InChI is InChI=1S/C13H17ClO3S/c1-2-17-12-6-4-3-5-11(12)13(14)10-7-8-18(15,16)9-10/h3-6,10,13H,2,7-9H2,1H3. The first-order chi connectivity index (χ1) is 8.53. The average molecular weight is 289 g/mol. The van der Waals surface area contributed by atoms with Gasteiger partial charge in [-0.15, -0.1) is 11.6 Å². The fourth-order valence-corrected chi connectivity index (χ4v) is 4.64. The Labute approximate surface area is 113 Å². The molecule has 2 atom stereocenters. The van der Waals surface area contributed by atoms with Crippen molar-refractivity contribution in [3.05, 3.63) is 29.8 Å². The maximum absolute atomic E-state index is 11.5. The second kappa shape index (κ2) is 5.49. The molecule has 0 N–H and O–H groups in total. The minimum absolute atomic E-state index is 0.0155. The summed E-state index contributed by atoms with van der Waals surface area (Å²) < 4.78 is 28.5. The van der Waals surface area contributed by atoms with Crippen molar-refractivity contribution in [2.75, 3.05) is 18.1 Å². The van der Waals surface area contributed by atoms with Gasteiger partial charge in [0.25, 0.3) is 0 Å². The summed E-state index contributed by atoms with van der Waals surface area (Å²) in [5.74, 6) is 1.17. The molecule has 100 valence electrons. The summed E-state index contributed by atoms with van der Waals surface area (Å²) in [6.45, 7) is 2.49. The molecule has 1 aliphatic rings. The number of sulfone groups is 1. The number of halogens is 1. The molecule has 1 saturated heterocycles. The minimum atomic E-state index is -2.90. The van der Waals surface area contributed by atoms with E-state index in [4.69, 9.17) is 16.3 Å². The lowest BCUT2D eigenvalue weighted by atomic mass is 9.97. The normalized spacial score (nSPS) is 23.8. The van der Waals surface area contributed by atoms with Crippen molar-refractivity contribution in [3.63, 3.8) is 0 Å². The maximum atomic E-state index is 11.5. The smallest absolute Gasteiger partial charge is 0.150 e. The molecule has 1 aromatic carbocycles. The van der Waals surface area contributed by atoms with Crippen molar-refractivity contribution in [1.29, 1.82) is 0 Å². The zero-order valence-electron chi connectivity index (χ0n) is 10.3. The number of hydrogen-bond donors (Lipinski definition) is 0. The van der Waals surface area contributed by atoms with Crippen LogP contribution in [-0.2, 0) is 9.84 Å². The zero-order chi connectivity index (χ0) is 13.2. The highest BCUT2D eigenvalue weighted by Crippen LogP contribution is 2.40. The van der Waals surface area contributed by atoms with E-state index >= 15 is 0 Å². The lowest BCUT2D eigenvalue weighted by Gasteiger charge is -2.19. The molecule has 2 unspecified atom stereocenters. The molecule has 1 aromatic rings. The number of rotatable bonds is 4. The quantitative estimate of drug-likeness (QED) is 0.800. The van der Waals surface area contributed by atoms with Crippen molar-refractivity contribution >= 4 is 21.4 Å². The SMILES string of the molecule is CCOc1ccccc1C(Cl)C1CCS(=O)(=O)C1. The highest BCUT2D eigenvalue weighted by atomic mass is 35.5. The van der Waals surface area contributed by atoms with Crippen LogP contribution in [0, 0.1) is 5.92 Å². The van der Waals surface area contributed by atoms with Crippen LogP contribution in [-0.4, -0.2) is 26.5 Å². The molecule has 0 aliphatic carbocycles. The highest BCUT2D eigenvalue weighted by molar-refractivity contribution is 7.91. The van der Waals surface area contributed by atoms with E-state index in [1.165, 1.54) is 0 Å². The predicted molar refractivity (Wildman–Crippen MR) is 73.0 cm³/mol. The second-order valence-electron chi connectivity index (χ2n) is 4.54. The van der Waals surface area contributed by atoms with Crippen LogP contribution < -0.4 is 4.74 Å². The lowest BCUT2D eigenvalue weighted by Crippen LogP contribution is -2.11. The van der Waals surface area contributed by atoms with Crippen LogP contribution in [0.3, 0.4) is 0 Å². The van der Waals surface area contributed by atoms with Crippen molar-refractivity contribution in [1.82, 2.24) is 0 Å². The number of benzene rings is 1.